The summed E-state index contributed by atoms with van der Waals surface area (Å²) in [4.78, 5) is 0.356. The fraction of sp³-hybridized carbons (Fsp3) is 0.750. The Bertz CT molecular complexity index is 676. The van der Waals surface area contributed by atoms with E-state index in [9.17, 15) is 8.42 Å². The van der Waals surface area contributed by atoms with Gasteiger partial charge in [0, 0.05) is 25.7 Å². The average molecular weight is 439 g/mol. The molecule has 2 rings (SSSR count). The number of benzene rings is 1. The van der Waals surface area contributed by atoms with E-state index >= 15 is 0 Å². The first-order valence-electron chi connectivity index (χ1n) is 12.0. The summed E-state index contributed by atoms with van der Waals surface area (Å²) in [6.07, 6.45) is 15.4. The first kappa shape index (κ1) is 25.2. The number of hydrogen-bond acceptors (Lipinski definition) is 4. The quantitative estimate of drug-likeness (QED) is 0.375. The molecule has 0 aromatic heterocycles. The van der Waals surface area contributed by atoms with E-state index in [1.54, 1.807) is 35.7 Å². The van der Waals surface area contributed by atoms with Gasteiger partial charge in [-0.15, -0.1) is 0 Å². The summed E-state index contributed by atoms with van der Waals surface area (Å²) < 4.78 is 33.2. The highest BCUT2D eigenvalue weighted by Gasteiger charge is 2.33. The molecule has 0 saturated carbocycles. The third-order valence-corrected chi connectivity index (χ3v) is 8.07. The van der Waals surface area contributed by atoms with E-state index in [1.807, 2.05) is 0 Å². The first-order chi connectivity index (χ1) is 14.6. The van der Waals surface area contributed by atoms with Crippen LogP contribution in [0.3, 0.4) is 0 Å². The Morgan fingerprint density at radius 2 is 1.50 bits per heavy atom. The highest BCUT2D eigenvalue weighted by Crippen LogP contribution is 2.24. The Kier molecular flexibility index (Phi) is 11.8. The van der Waals surface area contributed by atoms with E-state index in [-0.39, 0.29) is 6.04 Å². The molecule has 1 heterocycles. The average Bonchev–Trinajstić information content (AvgIpc) is 2.77. The highest BCUT2D eigenvalue weighted by atomic mass is 32.2. The van der Waals surface area contributed by atoms with Crippen LogP contribution in [-0.4, -0.2) is 45.5 Å². The van der Waals surface area contributed by atoms with E-state index in [4.69, 9.17) is 4.74 Å². The molecule has 1 saturated heterocycles. The summed E-state index contributed by atoms with van der Waals surface area (Å²) in [5, 5.41) is 3.37. The van der Waals surface area contributed by atoms with Crippen LogP contribution in [0.2, 0.25) is 0 Å². The molecule has 6 heteroatoms. The number of methoxy groups -OCH3 is 1. The minimum Gasteiger partial charge on any atom is -0.497 e. The number of rotatable bonds is 15. The van der Waals surface area contributed by atoms with Crippen LogP contribution in [0.15, 0.2) is 29.2 Å². The van der Waals surface area contributed by atoms with Crippen molar-refractivity contribution in [3.05, 3.63) is 24.3 Å². The van der Waals surface area contributed by atoms with Gasteiger partial charge in [0.15, 0.2) is 0 Å². The first-order valence-corrected chi connectivity index (χ1v) is 13.4. The number of hydrogen-bond donors (Lipinski definition) is 1. The molecular weight excluding hydrogens is 396 g/mol. The van der Waals surface area contributed by atoms with Crippen molar-refractivity contribution in [1.29, 1.82) is 0 Å². The van der Waals surface area contributed by atoms with Gasteiger partial charge in [0.1, 0.15) is 5.75 Å². The van der Waals surface area contributed by atoms with E-state index in [1.165, 1.54) is 64.2 Å². The van der Waals surface area contributed by atoms with Crippen molar-refractivity contribution in [2.24, 2.45) is 0 Å². The predicted octanol–water partition coefficient (Wildman–Crippen LogP) is 5.36. The summed E-state index contributed by atoms with van der Waals surface area (Å²) in [5.74, 6) is 0.673. The summed E-state index contributed by atoms with van der Waals surface area (Å²) in [7, 11) is -1.88. The van der Waals surface area contributed by atoms with Crippen molar-refractivity contribution < 1.29 is 13.2 Å². The minimum absolute atomic E-state index is 0.0458. The fourth-order valence-electron chi connectivity index (χ4n) is 4.23. The number of piperazine rings is 1. The lowest BCUT2D eigenvalue weighted by Gasteiger charge is -2.35. The lowest BCUT2D eigenvalue weighted by Crippen LogP contribution is -2.53. The highest BCUT2D eigenvalue weighted by molar-refractivity contribution is 7.89. The van der Waals surface area contributed by atoms with Gasteiger partial charge >= 0.3 is 0 Å². The normalized spacial score (nSPS) is 17.9. The molecule has 1 fully saturated rings. The molecule has 1 aliphatic rings. The van der Waals surface area contributed by atoms with Gasteiger partial charge in [0.05, 0.1) is 12.0 Å². The Balaban J connectivity index is 1.71. The van der Waals surface area contributed by atoms with Crippen molar-refractivity contribution in [2.75, 3.05) is 26.7 Å². The maximum absolute atomic E-state index is 13.2. The van der Waals surface area contributed by atoms with Gasteiger partial charge in [-0.2, -0.15) is 4.31 Å². The molecule has 5 nitrogen and oxygen atoms in total. The van der Waals surface area contributed by atoms with Crippen LogP contribution in [0.25, 0.3) is 0 Å². The Labute approximate surface area is 184 Å². The second-order valence-corrected chi connectivity index (χ2v) is 10.4. The summed E-state index contributed by atoms with van der Waals surface area (Å²) in [5.41, 5.74) is 0. The van der Waals surface area contributed by atoms with E-state index in [2.05, 4.69) is 12.2 Å². The molecule has 0 spiro atoms. The predicted molar refractivity (Wildman–Crippen MR) is 125 cm³/mol. The monoisotopic (exact) mass is 438 g/mol. The molecule has 1 atom stereocenters. The van der Waals surface area contributed by atoms with E-state index in [0.29, 0.717) is 23.7 Å². The smallest absolute Gasteiger partial charge is 0.243 e. The van der Waals surface area contributed by atoms with Gasteiger partial charge < -0.3 is 10.1 Å². The maximum atomic E-state index is 13.2. The van der Waals surface area contributed by atoms with Gasteiger partial charge in [-0.25, -0.2) is 8.42 Å². The van der Waals surface area contributed by atoms with Crippen LogP contribution in [0.1, 0.15) is 84.0 Å². The molecule has 0 bridgehead atoms. The van der Waals surface area contributed by atoms with Crippen molar-refractivity contribution in [1.82, 2.24) is 9.62 Å². The second kappa shape index (κ2) is 14.0. The minimum atomic E-state index is -3.46. The molecule has 1 unspecified atom stereocenters. The summed E-state index contributed by atoms with van der Waals surface area (Å²) in [6.45, 7) is 4.26. The van der Waals surface area contributed by atoms with Crippen LogP contribution in [-0.2, 0) is 10.0 Å². The largest absolute Gasteiger partial charge is 0.497 e. The number of ether oxygens (including phenoxy) is 1. The Morgan fingerprint density at radius 3 is 2.07 bits per heavy atom. The van der Waals surface area contributed by atoms with E-state index < -0.39 is 10.0 Å². The number of nitrogens with zero attached hydrogens (tertiary/aromatic N) is 1. The van der Waals surface area contributed by atoms with Crippen LogP contribution in [0.5, 0.6) is 5.75 Å². The van der Waals surface area contributed by atoms with Gasteiger partial charge in [0.2, 0.25) is 10.0 Å². The molecular formula is C24H42N2O3S. The van der Waals surface area contributed by atoms with Crippen molar-refractivity contribution in [3.8, 4) is 5.75 Å². The zero-order chi connectivity index (χ0) is 21.7. The molecule has 30 heavy (non-hydrogen) atoms. The molecule has 1 N–H and O–H groups in total. The van der Waals surface area contributed by atoms with Gasteiger partial charge in [-0.3, -0.25) is 0 Å². The maximum Gasteiger partial charge on any atom is 0.243 e. The summed E-state index contributed by atoms with van der Waals surface area (Å²) in [6, 6.07) is 6.77. The van der Waals surface area contributed by atoms with Gasteiger partial charge in [0.25, 0.3) is 0 Å². The van der Waals surface area contributed by atoms with Crippen LogP contribution in [0, 0.1) is 0 Å². The van der Waals surface area contributed by atoms with E-state index in [0.717, 1.165) is 19.4 Å². The van der Waals surface area contributed by atoms with Gasteiger partial charge in [-0.1, -0.05) is 77.6 Å². The standard InChI is InChI=1S/C24H42N2O3S/c1-3-4-5-6-7-8-9-10-11-12-13-14-22-21-25-19-20-26(22)30(27,28)24-17-15-23(29-2)16-18-24/h15-18,22,25H,3-14,19-21H2,1-2H3. The molecule has 1 aliphatic heterocycles. The number of sulfonamides is 1. The van der Waals surface area contributed by atoms with Crippen LogP contribution < -0.4 is 10.1 Å². The molecule has 0 radical (unpaired) electrons. The second-order valence-electron chi connectivity index (χ2n) is 8.47. The number of unbranched alkanes of at least 4 members (excludes halogenated alkanes) is 10. The third kappa shape index (κ3) is 8.20. The Hall–Kier alpha value is -1.11. The van der Waals surface area contributed by atoms with Crippen molar-refractivity contribution in [2.45, 2.75) is 94.9 Å². The number of nitrogens with one attached hydrogen (secondary N) is 1. The molecule has 1 aromatic rings. The molecule has 1 aromatic carbocycles. The van der Waals surface area contributed by atoms with Crippen LogP contribution >= 0.6 is 0 Å². The zero-order valence-electron chi connectivity index (χ0n) is 19.1. The topological polar surface area (TPSA) is 58.6 Å². The zero-order valence-corrected chi connectivity index (χ0v) is 19.9. The SMILES string of the molecule is CCCCCCCCCCCCCC1CNCCN1S(=O)(=O)c1ccc(OC)cc1. The molecule has 172 valence electrons. The fourth-order valence-corrected chi connectivity index (χ4v) is 5.89. The lowest BCUT2D eigenvalue weighted by atomic mass is 10.0. The van der Waals surface area contributed by atoms with Crippen molar-refractivity contribution in [3.63, 3.8) is 0 Å². The third-order valence-electron chi connectivity index (χ3n) is 6.10. The summed E-state index contributed by atoms with van der Waals surface area (Å²) >= 11 is 0. The van der Waals surface area contributed by atoms with Crippen molar-refractivity contribution >= 4 is 10.0 Å². The molecule has 0 aliphatic carbocycles. The van der Waals surface area contributed by atoms with Crippen LogP contribution in [0.4, 0.5) is 0 Å². The molecule has 0 amide bonds. The van der Waals surface area contributed by atoms with Gasteiger partial charge in [-0.05, 0) is 30.7 Å². The Morgan fingerprint density at radius 1 is 0.933 bits per heavy atom. The lowest BCUT2D eigenvalue weighted by molar-refractivity contribution is 0.250.